The van der Waals surface area contributed by atoms with Crippen LogP contribution in [-0.4, -0.2) is 40.7 Å². The highest BCUT2D eigenvalue weighted by Crippen LogP contribution is 2.26. The molecule has 1 heterocycles. The van der Waals surface area contributed by atoms with E-state index >= 15 is 0 Å². The number of amides is 3. The molecule has 1 aromatic rings. The summed E-state index contributed by atoms with van der Waals surface area (Å²) in [5, 5.41) is 12.8. The van der Waals surface area contributed by atoms with Gasteiger partial charge in [-0.05, 0) is 18.6 Å². The number of hydrogen-bond acceptors (Lipinski definition) is 7. The molecule has 2 N–H and O–H groups in total. The smallest absolute Gasteiger partial charge is 0.321 e. The van der Waals surface area contributed by atoms with Gasteiger partial charge in [-0.15, -0.1) is 10.2 Å². The first-order valence-electron chi connectivity index (χ1n) is 6.09. The Hall–Kier alpha value is -0.800. The van der Waals surface area contributed by atoms with Gasteiger partial charge in [-0.1, -0.05) is 48.7 Å². The largest absolute Gasteiger partial charge is 0.338 e. The molecule has 0 aromatic carbocycles. The normalized spacial score (nSPS) is 10.6. The van der Waals surface area contributed by atoms with Crippen LogP contribution in [0.15, 0.2) is 8.68 Å². The van der Waals surface area contributed by atoms with Gasteiger partial charge in [0.05, 0.1) is 5.75 Å². The van der Waals surface area contributed by atoms with E-state index in [1.54, 1.807) is 0 Å². The number of thioether (sulfide) groups is 2. The van der Waals surface area contributed by atoms with Crippen molar-refractivity contribution in [3.05, 3.63) is 0 Å². The fraction of sp³-hybridized carbons (Fsp3) is 0.636. The van der Waals surface area contributed by atoms with Crippen LogP contribution < -0.4 is 10.6 Å². The van der Waals surface area contributed by atoms with Crippen LogP contribution in [0.5, 0.6) is 0 Å². The minimum atomic E-state index is -0.446. The number of aromatic nitrogens is 2. The van der Waals surface area contributed by atoms with E-state index in [1.165, 1.54) is 34.9 Å². The molecule has 0 fully saturated rings. The number of nitrogens with zero attached hydrogens (tertiary/aromatic N) is 2. The van der Waals surface area contributed by atoms with Crippen molar-refractivity contribution in [2.75, 3.05) is 18.6 Å². The summed E-state index contributed by atoms with van der Waals surface area (Å²) < 4.78 is 1.59. The molecule has 0 atom stereocenters. The quantitative estimate of drug-likeness (QED) is 0.744. The van der Waals surface area contributed by atoms with Crippen LogP contribution >= 0.6 is 34.9 Å². The third-order valence-corrected chi connectivity index (χ3v) is 5.18. The Labute approximate surface area is 130 Å². The van der Waals surface area contributed by atoms with E-state index < -0.39 is 6.03 Å². The predicted molar refractivity (Wildman–Crippen MR) is 83.4 cm³/mol. The number of imide groups is 1. The Balaban J connectivity index is 2.20. The Morgan fingerprint density at radius 2 is 2.00 bits per heavy atom. The summed E-state index contributed by atoms with van der Waals surface area (Å²) in [6, 6.07) is -0.446. The number of rotatable bonds is 7. The molecule has 1 rings (SSSR count). The molecular weight excluding hydrogens is 316 g/mol. The Morgan fingerprint density at radius 3 is 2.60 bits per heavy atom. The van der Waals surface area contributed by atoms with Crippen LogP contribution in [0.25, 0.3) is 0 Å². The molecule has 0 radical (unpaired) electrons. The molecule has 1 aromatic heterocycles. The first-order chi connectivity index (χ1) is 9.51. The molecule has 0 saturated carbocycles. The van der Waals surface area contributed by atoms with Crippen LogP contribution in [0.4, 0.5) is 4.79 Å². The summed E-state index contributed by atoms with van der Waals surface area (Å²) >= 11 is 4.22. The van der Waals surface area contributed by atoms with Crippen molar-refractivity contribution >= 4 is 46.8 Å². The van der Waals surface area contributed by atoms with Crippen molar-refractivity contribution in [1.29, 1.82) is 0 Å². The molecule has 0 bridgehead atoms. The molecule has 20 heavy (non-hydrogen) atoms. The standard InChI is InChI=1S/C11H18N4O2S3/c1-7(2)4-5-12-9(17)13-8(16)6-19-11-15-14-10(18-3)20-11/h7H,4-6H2,1-3H3,(H2,12,13,16,17). The third kappa shape index (κ3) is 7.11. The van der Waals surface area contributed by atoms with Crippen molar-refractivity contribution in [2.24, 2.45) is 5.92 Å². The first-order valence-corrected chi connectivity index (χ1v) is 9.12. The highest BCUT2D eigenvalue weighted by Gasteiger charge is 2.10. The molecule has 0 spiro atoms. The SMILES string of the molecule is CSc1nnc(SCC(=O)NC(=O)NCCC(C)C)s1. The van der Waals surface area contributed by atoms with E-state index in [0.717, 1.165) is 15.1 Å². The van der Waals surface area contributed by atoms with Crippen molar-refractivity contribution in [1.82, 2.24) is 20.8 Å². The maximum Gasteiger partial charge on any atom is 0.321 e. The average molecular weight is 334 g/mol. The monoisotopic (exact) mass is 334 g/mol. The summed E-state index contributed by atoms with van der Waals surface area (Å²) in [5.41, 5.74) is 0. The van der Waals surface area contributed by atoms with Crippen LogP contribution in [0.1, 0.15) is 20.3 Å². The van der Waals surface area contributed by atoms with Gasteiger partial charge in [0.25, 0.3) is 0 Å². The molecule has 0 aliphatic rings. The van der Waals surface area contributed by atoms with Crippen molar-refractivity contribution < 1.29 is 9.59 Å². The summed E-state index contributed by atoms with van der Waals surface area (Å²) in [4.78, 5) is 23.0. The highest BCUT2D eigenvalue weighted by atomic mass is 32.2. The van der Waals surface area contributed by atoms with Gasteiger partial charge in [-0.3, -0.25) is 10.1 Å². The molecule has 0 unspecified atom stereocenters. The molecule has 6 nitrogen and oxygen atoms in total. The van der Waals surface area contributed by atoms with Crippen LogP contribution in [0.2, 0.25) is 0 Å². The van der Waals surface area contributed by atoms with Gasteiger partial charge in [0, 0.05) is 6.54 Å². The zero-order valence-corrected chi connectivity index (χ0v) is 14.1. The maximum atomic E-state index is 11.6. The van der Waals surface area contributed by atoms with Gasteiger partial charge in [-0.25, -0.2) is 4.79 Å². The zero-order chi connectivity index (χ0) is 15.0. The molecule has 0 saturated heterocycles. The number of urea groups is 1. The minimum Gasteiger partial charge on any atom is -0.338 e. The topological polar surface area (TPSA) is 84.0 Å². The van der Waals surface area contributed by atoms with E-state index in [4.69, 9.17) is 0 Å². The minimum absolute atomic E-state index is 0.153. The molecule has 0 aliphatic heterocycles. The van der Waals surface area contributed by atoms with Gasteiger partial charge >= 0.3 is 6.03 Å². The Morgan fingerprint density at radius 1 is 1.30 bits per heavy atom. The van der Waals surface area contributed by atoms with Crippen LogP contribution in [0, 0.1) is 5.92 Å². The Bertz CT molecular complexity index is 451. The average Bonchev–Trinajstić information content (AvgIpc) is 2.83. The third-order valence-electron chi connectivity index (χ3n) is 2.15. The van der Waals surface area contributed by atoms with Gasteiger partial charge in [-0.2, -0.15) is 0 Å². The fourth-order valence-electron chi connectivity index (χ4n) is 1.15. The van der Waals surface area contributed by atoms with Gasteiger partial charge in [0.2, 0.25) is 5.91 Å². The van der Waals surface area contributed by atoms with E-state index in [9.17, 15) is 9.59 Å². The van der Waals surface area contributed by atoms with Crippen LogP contribution in [0.3, 0.4) is 0 Å². The lowest BCUT2D eigenvalue weighted by Crippen LogP contribution is -2.40. The zero-order valence-electron chi connectivity index (χ0n) is 11.6. The summed E-state index contributed by atoms with van der Waals surface area (Å²) in [6.07, 6.45) is 2.81. The summed E-state index contributed by atoms with van der Waals surface area (Å²) in [7, 11) is 0. The molecular formula is C11H18N4O2S3. The van der Waals surface area contributed by atoms with Crippen molar-refractivity contribution in [3.8, 4) is 0 Å². The van der Waals surface area contributed by atoms with Crippen molar-refractivity contribution in [2.45, 2.75) is 28.9 Å². The lowest BCUT2D eigenvalue weighted by molar-refractivity contribution is -0.117. The van der Waals surface area contributed by atoms with Crippen molar-refractivity contribution in [3.63, 3.8) is 0 Å². The molecule has 3 amide bonds. The highest BCUT2D eigenvalue weighted by molar-refractivity contribution is 8.03. The first kappa shape index (κ1) is 17.3. The van der Waals surface area contributed by atoms with Gasteiger partial charge in [0.1, 0.15) is 0 Å². The Kier molecular flexibility index (Phi) is 7.93. The lowest BCUT2D eigenvalue weighted by Gasteiger charge is -2.07. The summed E-state index contributed by atoms with van der Waals surface area (Å²) in [6.45, 7) is 4.72. The maximum absolute atomic E-state index is 11.6. The molecule has 112 valence electrons. The van der Waals surface area contributed by atoms with Gasteiger partial charge < -0.3 is 5.32 Å². The number of carbonyl (C=O) groups is 2. The lowest BCUT2D eigenvalue weighted by atomic mass is 10.1. The van der Waals surface area contributed by atoms with E-state index in [0.29, 0.717) is 12.5 Å². The second-order valence-corrected chi connectivity index (χ2v) is 7.57. The van der Waals surface area contributed by atoms with E-state index in [2.05, 4.69) is 34.7 Å². The van der Waals surface area contributed by atoms with E-state index in [-0.39, 0.29) is 11.7 Å². The fourth-order valence-corrected chi connectivity index (χ4v) is 3.38. The predicted octanol–water partition coefficient (Wildman–Crippen LogP) is 2.22. The number of nitrogens with one attached hydrogen (secondary N) is 2. The van der Waals surface area contributed by atoms with Crippen LogP contribution in [-0.2, 0) is 4.79 Å². The van der Waals surface area contributed by atoms with Gasteiger partial charge in [0.15, 0.2) is 8.68 Å². The second kappa shape index (κ2) is 9.19. The second-order valence-electron chi connectivity index (χ2n) is 4.31. The van der Waals surface area contributed by atoms with E-state index in [1.807, 2.05) is 6.26 Å². The molecule has 0 aliphatic carbocycles. The summed E-state index contributed by atoms with van der Waals surface area (Å²) in [5.74, 6) is 0.336. The molecule has 9 heteroatoms. The number of hydrogen-bond donors (Lipinski definition) is 2. The number of carbonyl (C=O) groups excluding carboxylic acids is 2.